The zero-order valence-corrected chi connectivity index (χ0v) is 14.0. The van der Waals surface area contributed by atoms with Crippen molar-refractivity contribution in [3.8, 4) is 0 Å². The third-order valence-electron chi connectivity index (χ3n) is 3.52. The third-order valence-corrected chi connectivity index (χ3v) is 3.65. The van der Waals surface area contributed by atoms with Crippen LogP contribution < -0.4 is 21.4 Å². The van der Waals surface area contributed by atoms with Gasteiger partial charge >= 0.3 is 0 Å². The van der Waals surface area contributed by atoms with Crippen molar-refractivity contribution in [1.82, 2.24) is 15.8 Å². The van der Waals surface area contributed by atoms with Crippen molar-refractivity contribution in [2.24, 2.45) is 0 Å². The Hall–Kier alpha value is -3.26. The number of carbonyl (C=O) groups is 1. The highest BCUT2D eigenvalue weighted by Gasteiger charge is 2.24. The smallest absolute Gasteiger partial charge is 0.274 e. The number of rotatable bonds is 4. The molecule has 0 fully saturated rings. The Bertz CT molecular complexity index is 829. The molecule has 0 aliphatic carbocycles. The second kappa shape index (κ2) is 6.70. The van der Waals surface area contributed by atoms with Crippen LogP contribution in [0.3, 0.4) is 0 Å². The van der Waals surface area contributed by atoms with E-state index in [-0.39, 0.29) is 10.9 Å². The lowest BCUT2D eigenvalue weighted by Gasteiger charge is -2.17. The molecular weight excluding hydrogens is 342 g/mol. The molecule has 0 unspecified atom stereocenters. The first kappa shape index (κ1) is 16.6. The largest absolute Gasteiger partial charge is 0.338 e. The molecule has 1 amide bonds. The van der Waals surface area contributed by atoms with Crippen LogP contribution in [0.2, 0.25) is 0 Å². The lowest BCUT2D eigenvalue weighted by molar-refractivity contribution is -0.114. The van der Waals surface area contributed by atoms with Gasteiger partial charge in [-0.3, -0.25) is 26.0 Å². The second-order valence-electron chi connectivity index (χ2n) is 5.33. The van der Waals surface area contributed by atoms with E-state index >= 15 is 0 Å². The van der Waals surface area contributed by atoms with Gasteiger partial charge in [0.05, 0.1) is 11.4 Å². The number of hydrogen-bond donors (Lipinski definition) is 6. The number of nitrogens with zero attached hydrogens (tertiary/aromatic N) is 1. The van der Waals surface area contributed by atoms with E-state index in [0.29, 0.717) is 5.82 Å². The van der Waals surface area contributed by atoms with Gasteiger partial charge in [-0.15, -0.1) is 0 Å². The van der Waals surface area contributed by atoms with Crippen molar-refractivity contribution in [3.05, 3.63) is 59.8 Å². The number of benzene rings is 1. The topological polar surface area (TPSA) is 116 Å². The van der Waals surface area contributed by atoms with Crippen molar-refractivity contribution in [1.29, 1.82) is 10.8 Å². The number of fused-ring (bicyclic) bond motifs is 1. The van der Waals surface area contributed by atoms with Gasteiger partial charge < -0.3 is 16.0 Å². The van der Waals surface area contributed by atoms with Gasteiger partial charge in [-0.2, -0.15) is 0 Å². The normalized spacial score (nSPS) is 15.3. The molecule has 0 saturated heterocycles. The zero-order chi connectivity index (χ0) is 18.0. The Morgan fingerprint density at radius 3 is 2.44 bits per heavy atom. The summed E-state index contributed by atoms with van der Waals surface area (Å²) >= 11 is 5.36. The molecule has 0 bridgehead atoms. The summed E-state index contributed by atoms with van der Waals surface area (Å²) in [4.78, 5) is 12.0. The molecule has 1 aromatic carbocycles. The molecule has 3 rings (SSSR count). The summed E-state index contributed by atoms with van der Waals surface area (Å²) in [6.45, 7) is 0. The molecular formula is C16H16ClN7O. The van der Waals surface area contributed by atoms with Gasteiger partial charge in [0, 0.05) is 13.1 Å². The van der Waals surface area contributed by atoms with Crippen LogP contribution in [0.15, 0.2) is 59.8 Å². The molecule has 2 aliphatic rings. The predicted octanol–water partition coefficient (Wildman–Crippen LogP) is 1.89. The lowest BCUT2D eigenvalue weighted by atomic mass is 10.3. The van der Waals surface area contributed by atoms with E-state index in [4.69, 9.17) is 22.4 Å². The summed E-state index contributed by atoms with van der Waals surface area (Å²) in [6, 6.07) is 7.82. The number of anilines is 2. The van der Waals surface area contributed by atoms with Crippen molar-refractivity contribution < 1.29 is 4.79 Å². The minimum Gasteiger partial charge on any atom is -0.338 e. The van der Waals surface area contributed by atoms with Gasteiger partial charge in [-0.25, -0.2) is 0 Å². The van der Waals surface area contributed by atoms with E-state index in [2.05, 4.69) is 21.4 Å². The quantitative estimate of drug-likeness (QED) is 0.460. The molecule has 8 nitrogen and oxygen atoms in total. The van der Waals surface area contributed by atoms with E-state index in [9.17, 15) is 4.79 Å². The Balaban J connectivity index is 1.72. The van der Waals surface area contributed by atoms with Crippen molar-refractivity contribution in [3.63, 3.8) is 0 Å². The zero-order valence-electron chi connectivity index (χ0n) is 13.3. The molecule has 2 heterocycles. The molecule has 0 spiro atoms. The number of likely N-dealkylation sites (N-methyl/N-ethyl adjacent to an activating group) is 1. The average Bonchev–Trinajstić information content (AvgIpc) is 3.15. The number of hydrazine groups is 1. The van der Waals surface area contributed by atoms with Crippen molar-refractivity contribution in [2.45, 2.75) is 0 Å². The molecule has 0 aromatic heterocycles. The van der Waals surface area contributed by atoms with Gasteiger partial charge in [0.2, 0.25) is 0 Å². The molecule has 25 heavy (non-hydrogen) atoms. The van der Waals surface area contributed by atoms with Crippen molar-refractivity contribution in [2.75, 3.05) is 17.7 Å². The molecule has 6 N–H and O–H groups in total. The van der Waals surface area contributed by atoms with E-state index in [1.165, 1.54) is 12.2 Å². The van der Waals surface area contributed by atoms with Crippen LogP contribution in [0.25, 0.3) is 0 Å². The fourth-order valence-corrected chi connectivity index (χ4v) is 2.43. The van der Waals surface area contributed by atoms with E-state index < -0.39 is 5.91 Å². The number of halogens is 1. The summed E-state index contributed by atoms with van der Waals surface area (Å²) in [5.41, 5.74) is 5.44. The first-order valence-corrected chi connectivity index (χ1v) is 7.73. The predicted molar refractivity (Wildman–Crippen MR) is 98.3 cm³/mol. The molecule has 0 atom stereocenters. The number of amides is 1. The monoisotopic (exact) mass is 357 g/mol. The Morgan fingerprint density at radius 2 is 1.84 bits per heavy atom. The van der Waals surface area contributed by atoms with Crippen LogP contribution in [-0.4, -0.2) is 28.8 Å². The van der Waals surface area contributed by atoms with E-state index in [1.807, 2.05) is 31.3 Å². The number of carbonyl (C=O) groups excluding carboxylic acids is 1. The number of nitrogens with one attached hydrogen (secondary N) is 6. The SMILES string of the molecule is CN1NC(NC(=O)C(=N)/C=C\C(=N)Cl)=CC1=C1Nc2ccccc2N1. The highest BCUT2D eigenvalue weighted by molar-refractivity contribution is 6.67. The highest BCUT2D eigenvalue weighted by atomic mass is 35.5. The number of para-hydroxylation sites is 2. The molecule has 1 aromatic rings. The first-order chi connectivity index (χ1) is 11.9. The fraction of sp³-hybridized carbons (Fsp3) is 0.0625. The van der Waals surface area contributed by atoms with Crippen LogP contribution in [-0.2, 0) is 4.79 Å². The summed E-state index contributed by atoms with van der Waals surface area (Å²) in [5, 5.41) is 25.3. The highest BCUT2D eigenvalue weighted by Crippen LogP contribution is 2.32. The minimum absolute atomic E-state index is 0.250. The van der Waals surface area contributed by atoms with Gasteiger partial charge in [0.15, 0.2) is 0 Å². The third kappa shape index (κ3) is 3.64. The standard InChI is InChI=1S/C16H16ClN7O/c1-24-12(15-20-10-4-2-3-5-11(10)21-15)8-14(23-24)22-16(25)9(18)6-7-13(17)19/h2-8,18-21,23H,1H3,(H,22,25)/b7-6-,18-9?,19-13?. The van der Waals surface area contributed by atoms with Crippen LogP contribution in [0.1, 0.15) is 0 Å². The molecule has 0 saturated carbocycles. The summed E-state index contributed by atoms with van der Waals surface area (Å²) < 4.78 is 0. The average molecular weight is 358 g/mol. The Labute approximate surface area is 149 Å². The van der Waals surface area contributed by atoms with Gasteiger partial charge in [-0.1, -0.05) is 23.7 Å². The summed E-state index contributed by atoms with van der Waals surface area (Å²) in [5.74, 6) is 0.614. The van der Waals surface area contributed by atoms with E-state index in [0.717, 1.165) is 22.9 Å². The lowest BCUT2D eigenvalue weighted by Crippen LogP contribution is -2.37. The molecule has 0 radical (unpaired) electrons. The van der Waals surface area contributed by atoms with Gasteiger partial charge in [0.1, 0.15) is 28.2 Å². The first-order valence-electron chi connectivity index (χ1n) is 7.35. The molecule has 2 aliphatic heterocycles. The molecule has 9 heteroatoms. The van der Waals surface area contributed by atoms with E-state index in [1.54, 1.807) is 11.1 Å². The van der Waals surface area contributed by atoms with Crippen LogP contribution in [0, 0.1) is 10.8 Å². The summed E-state index contributed by atoms with van der Waals surface area (Å²) in [7, 11) is 1.81. The number of hydrogen-bond acceptors (Lipinski definition) is 7. The van der Waals surface area contributed by atoms with Crippen LogP contribution in [0.4, 0.5) is 11.4 Å². The number of allylic oxidation sites excluding steroid dienone is 2. The van der Waals surface area contributed by atoms with Gasteiger partial charge in [0.25, 0.3) is 5.91 Å². The summed E-state index contributed by atoms with van der Waals surface area (Å²) in [6.07, 6.45) is 4.09. The fourth-order valence-electron chi connectivity index (χ4n) is 2.36. The van der Waals surface area contributed by atoms with Crippen molar-refractivity contribution >= 4 is 39.8 Å². The maximum atomic E-state index is 12.0. The van der Waals surface area contributed by atoms with Crippen LogP contribution >= 0.6 is 11.6 Å². The Morgan fingerprint density at radius 1 is 1.20 bits per heavy atom. The maximum Gasteiger partial charge on any atom is 0.274 e. The Kier molecular flexibility index (Phi) is 4.44. The van der Waals surface area contributed by atoms with Crippen LogP contribution in [0.5, 0.6) is 0 Å². The maximum absolute atomic E-state index is 12.0. The van der Waals surface area contributed by atoms with Gasteiger partial charge in [-0.05, 0) is 24.3 Å². The minimum atomic E-state index is -0.608. The molecule has 128 valence electrons. The second-order valence-corrected chi connectivity index (χ2v) is 5.74.